The van der Waals surface area contributed by atoms with Crippen LogP contribution in [0.25, 0.3) is 0 Å². The van der Waals surface area contributed by atoms with E-state index in [2.05, 4.69) is 20.6 Å². The van der Waals surface area contributed by atoms with Crippen LogP contribution in [-0.4, -0.2) is 13.6 Å². The Morgan fingerprint density at radius 1 is 1.26 bits per heavy atom. The molecule has 0 aliphatic heterocycles. The number of benzene rings is 1. The van der Waals surface area contributed by atoms with Crippen molar-refractivity contribution in [2.45, 2.75) is 11.8 Å². The molecule has 8 nitrogen and oxygen atoms in total. The second-order valence-corrected chi connectivity index (χ2v) is 5.34. The van der Waals surface area contributed by atoms with Crippen molar-refractivity contribution in [3.63, 3.8) is 0 Å². The number of aryl methyl sites for hydroxylation is 1. The predicted octanol–water partition coefficient (Wildman–Crippen LogP) is 1.88. The highest BCUT2D eigenvalue weighted by molar-refractivity contribution is 7.92. The van der Waals surface area contributed by atoms with Crippen molar-refractivity contribution in [3.05, 3.63) is 41.0 Å². The molecule has 0 unspecified atom stereocenters. The molecule has 2 aromatic rings. The maximum Gasteiger partial charge on any atom is 0.263 e. The van der Waals surface area contributed by atoms with Crippen LogP contribution >= 0.6 is 0 Å². The van der Waals surface area contributed by atoms with Crippen molar-refractivity contribution in [3.8, 4) is 0 Å². The molecule has 1 heterocycles. The molecule has 2 rings (SSSR count). The third kappa shape index (κ3) is 3.07. The maximum absolute atomic E-state index is 12.0. The Balaban J connectivity index is 2.21. The molecule has 0 spiro atoms. The van der Waals surface area contributed by atoms with Gasteiger partial charge in [0, 0.05) is 6.07 Å². The van der Waals surface area contributed by atoms with Gasteiger partial charge in [-0.15, -0.1) is 4.91 Å². The minimum atomic E-state index is -3.74. The van der Waals surface area contributed by atoms with E-state index in [-0.39, 0.29) is 10.7 Å². The van der Waals surface area contributed by atoms with Crippen LogP contribution in [0.2, 0.25) is 0 Å². The van der Waals surface area contributed by atoms with E-state index in [1.165, 1.54) is 30.3 Å². The lowest BCUT2D eigenvalue weighted by atomic mass is 10.3. The largest absolute Gasteiger partial charge is 0.360 e. The summed E-state index contributed by atoms with van der Waals surface area (Å²) in [4.78, 5) is 10.0. The summed E-state index contributed by atoms with van der Waals surface area (Å²) in [5, 5.41) is 6.02. The van der Waals surface area contributed by atoms with Crippen LogP contribution in [0, 0.1) is 11.8 Å². The Morgan fingerprint density at radius 3 is 2.47 bits per heavy atom. The standard InChI is InChI=1S/C10H10N4O4S/c1-7-6-10(12-18-7)13-19(16,17)9-4-2-8(3-5-9)11-14-15/h2-6H,1H3,(H,11,15)(H,12,13). The second kappa shape index (κ2) is 5.06. The summed E-state index contributed by atoms with van der Waals surface area (Å²) >= 11 is 0. The van der Waals surface area contributed by atoms with Gasteiger partial charge in [0.05, 0.1) is 15.9 Å². The molecule has 0 fully saturated rings. The SMILES string of the molecule is Cc1cc(NS(=O)(=O)c2ccc(NN=O)cc2)no1. The van der Waals surface area contributed by atoms with Crippen LogP contribution in [0.5, 0.6) is 0 Å². The molecule has 0 bridgehead atoms. The molecule has 0 saturated heterocycles. The number of nitrogens with zero attached hydrogens (tertiary/aromatic N) is 2. The van der Waals surface area contributed by atoms with E-state index in [0.29, 0.717) is 11.4 Å². The molecule has 9 heteroatoms. The molecule has 2 N–H and O–H groups in total. The van der Waals surface area contributed by atoms with Crippen molar-refractivity contribution < 1.29 is 12.9 Å². The Bertz CT molecular complexity index is 678. The summed E-state index contributed by atoms with van der Waals surface area (Å²) in [6.45, 7) is 1.65. The first-order chi connectivity index (χ1) is 9.01. The predicted molar refractivity (Wildman–Crippen MR) is 67.9 cm³/mol. The first kappa shape index (κ1) is 13.0. The number of sulfonamides is 1. The average molecular weight is 282 g/mol. The lowest BCUT2D eigenvalue weighted by Crippen LogP contribution is -2.13. The zero-order valence-corrected chi connectivity index (χ0v) is 10.6. The van der Waals surface area contributed by atoms with E-state index in [1.54, 1.807) is 6.92 Å². The first-order valence-corrected chi connectivity index (χ1v) is 6.64. The maximum atomic E-state index is 12.0. The molecule has 0 saturated carbocycles. The van der Waals surface area contributed by atoms with E-state index in [9.17, 15) is 13.3 Å². The molecule has 0 amide bonds. The van der Waals surface area contributed by atoms with Crippen LogP contribution in [0.4, 0.5) is 11.5 Å². The topological polar surface area (TPSA) is 114 Å². The highest BCUT2D eigenvalue weighted by atomic mass is 32.2. The van der Waals surface area contributed by atoms with E-state index in [1.807, 2.05) is 0 Å². The summed E-state index contributed by atoms with van der Waals surface area (Å²) in [5.41, 5.74) is 2.56. The minimum absolute atomic E-state index is 0.0320. The van der Waals surface area contributed by atoms with Gasteiger partial charge in [-0.2, -0.15) is 0 Å². The summed E-state index contributed by atoms with van der Waals surface area (Å²) in [5.74, 6) is 0.601. The second-order valence-electron chi connectivity index (χ2n) is 3.66. The van der Waals surface area contributed by atoms with Gasteiger partial charge >= 0.3 is 0 Å². The van der Waals surface area contributed by atoms with Crippen molar-refractivity contribution in [1.29, 1.82) is 0 Å². The zero-order chi connectivity index (χ0) is 13.9. The molecular weight excluding hydrogens is 272 g/mol. The van der Waals surface area contributed by atoms with Gasteiger partial charge in [0.25, 0.3) is 10.0 Å². The molecule has 0 aliphatic carbocycles. The van der Waals surface area contributed by atoms with Crippen LogP contribution in [0.3, 0.4) is 0 Å². The number of aromatic nitrogens is 1. The smallest absolute Gasteiger partial charge is 0.263 e. The molecule has 100 valence electrons. The third-order valence-corrected chi connectivity index (χ3v) is 3.58. The Morgan fingerprint density at radius 2 is 1.95 bits per heavy atom. The summed E-state index contributed by atoms with van der Waals surface area (Å²) in [6, 6.07) is 6.98. The van der Waals surface area contributed by atoms with Gasteiger partial charge in [-0.1, -0.05) is 5.16 Å². The number of anilines is 2. The fourth-order valence-corrected chi connectivity index (χ4v) is 2.36. The number of hydrogen-bond donors (Lipinski definition) is 2. The summed E-state index contributed by atoms with van der Waals surface area (Å²) in [6.07, 6.45) is 0. The first-order valence-electron chi connectivity index (χ1n) is 5.16. The van der Waals surface area contributed by atoms with E-state index < -0.39 is 10.0 Å². The van der Waals surface area contributed by atoms with E-state index >= 15 is 0 Å². The van der Waals surface area contributed by atoms with Crippen LogP contribution in [0.15, 0.2) is 45.0 Å². The number of rotatable bonds is 5. The molecule has 0 aliphatic rings. The summed E-state index contributed by atoms with van der Waals surface area (Å²) < 4.78 is 31.0. The fourth-order valence-electron chi connectivity index (χ4n) is 1.37. The monoisotopic (exact) mass is 282 g/mol. The number of nitroso groups, excluding NO2 is 1. The fraction of sp³-hybridized carbons (Fsp3) is 0.100. The zero-order valence-electron chi connectivity index (χ0n) is 9.82. The van der Waals surface area contributed by atoms with Crippen LogP contribution < -0.4 is 10.1 Å². The van der Waals surface area contributed by atoms with Gasteiger partial charge in [0.15, 0.2) is 5.82 Å². The van der Waals surface area contributed by atoms with Crippen molar-refractivity contribution >= 4 is 21.5 Å². The highest BCUT2D eigenvalue weighted by Gasteiger charge is 2.15. The molecule has 1 aromatic carbocycles. The van der Waals surface area contributed by atoms with E-state index in [0.717, 1.165) is 0 Å². The Hall–Kier alpha value is -2.42. The summed E-state index contributed by atoms with van der Waals surface area (Å²) in [7, 11) is -3.74. The van der Waals surface area contributed by atoms with Gasteiger partial charge in [0.2, 0.25) is 0 Å². The van der Waals surface area contributed by atoms with Crippen LogP contribution in [-0.2, 0) is 10.0 Å². The quantitative estimate of drug-likeness (QED) is 0.639. The Kier molecular flexibility index (Phi) is 3.47. The molecule has 1 aromatic heterocycles. The van der Waals surface area contributed by atoms with Gasteiger partial charge in [0.1, 0.15) is 5.76 Å². The van der Waals surface area contributed by atoms with Gasteiger partial charge in [-0.3, -0.25) is 4.72 Å². The molecule has 0 atom stereocenters. The van der Waals surface area contributed by atoms with Gasteiger partial charge in [-0.05, 0) is 31.2 Å². The number of hydrogen-bond acceptors (Lipinski definition) is 6. The lowest BCUT2D eigenvalue weighted by Gasteiger charge is -2.05. The average Bonchev–Trinajstić information content (AvgIpc) is 2.75. The van der Waals surface area contributed by atoms with Gasteiger partial charge < -0.3 is 4.52 Å². The van der Waals surface area contributed by atoms with Crippen LogP contribution in [0.1, 0.15) is 5.76 Å². The van der Waals surface area contributed by atoms with Gasteiger partial charge in [-0.25, -0.2) is 13.8 Å². The third-order valence-electron chi connectivity index (χ3n) is 2.21. The van der Waals surface area contributed by atoms with E-state index in [4.69, 9.17) is 4.52 Å². The molecular formula is C10H10N4O4S. The van der Waals surface area contributed by atoms with Crippen molar-refractivity contribution in [2.75, 3.05) is 10.1 Å². The molecule has 0 radical (unpaired) electrons. The number of nitrogens with one attached hydrogen (secondary N) is 2. The molecule has 19 heavy (non-hydrogen) atoms. The minimum Gasteiger partial charge on any atom is -0.360 e. The van der Waals surface area contributed by atoms with Crippen molar-refractivity contribution in [1.82, 2.24) is 5.16 Å². The normalized spacial score (nSPS) is 11.0. The lowest BCUT2D eigenvalue weighted by molar-refractivity contribution is 0.400. The van der Waals surface area contributed by atoms with Crippen molar-refractivity contribution in [2.24, 2.45) is 5.29 Å². The Labute approximate surface area is 108 Å². The highest BCUT2D eigenvalue weighted by Crippen LogP contribution is 2.18.